The van der Waals surface area contributed by atoms with Gasteiger partial charge in [0, 0.05) is 0 Å². The minimum absolute atomic E-state index is 0.0308. The number of ether oxygens (including phenoxy) is 2. The van der Waals surface area contributed by atoms with Crippen molar-refractivity contribution in [3.63, 3.8) is 0 Å². The van der Waals surface area contributed by atoms with Crippen molar-refractivity contribution >= 4 is 23.4 Å². The molecule has 0 aliphatic carbocycles. The van der Waals surface area contributed by atoms with Gasteiger partial charge in [-0.25, -0.2) is 22.0 Å². The largest absolute Gasteiger partial charge is 0.490 e. The third kappa shape index (κ3) is 4.17. The zero-order chi connectivity index (χ0) is 23.6. The fourth-order valence-electron chi connectivity index (χ4n) is 3.00. The van der Waals surface area contributed by atoms with Crippen molar-refractivity contribution in [1.82, 2.24) is 0 Å². The Bertz CT molecular complexity index is 1100. The van der Waals surface area contributed by atoms with E-state index in [-0.39, 0.29) is 16.3 Å². The third-order valence-corrected chi connectivity index (χ3v) is 4.50. The molecule has 5 nitrogen and oxygen atoms in total. The topological polar surface area (TPSA) is 51.1 Å². The van der Waals surface area contributed by atoms with Gasteiger partial charge in [0.05, 0.1) is 24.5 Å². The van der Waals surface area contributed by atoms with Crippen LogP contribution in [0.3, 0.4) is 0 Å². The molecule has 0 aromatic heterocycles. The summed E-state index contributed by atoms with van der Waals surface area (Å²) in [6.07, 6.45) is 2.16. The smallest absolute Gasteiger partial charge is 0.280 e. The highest BCUT2D eigenvalue weighted by molar-refractivity contribution is 6.32. The van der Waals surface area contributed by atoms with Gasteiger partial charge < -0.3 is 9.47 Å². The van der Waals surface area contributed by atoms with E-state index in [2.05, 4.69) is 5.10 Å². The normalized spacial score (nSPS) is 14.9. The fraction of sp³-hybridized carbons (Fsp3) is 0.273. The molecule has 10 heteroatoms. The van der Waals surface area contributed by atoms with Crippen LogP contribution in [0, 0.1) is 29.1 Å². The molecule has 0 bridgehead atoms. The van der Waals surface area contributed by atoms with Crippen LogP contribution in [0.25, 0.3) is 6.08 Å². The van der Waals surface area contributed by atoms with Gasteiger partial charge in [-0.05, 0) is 44.0 Å². The molecule has 0 unspecified atom stereocenters. The number of anilines is 1. The molecule has 1 heterocycles. The Morgan fingerprint density at radius 3 is 2.16 bits per heavy atom. The fourth-order valence-corrected chi connectivity index (χ4v) is 3.00. The predicted molar refractivity (Wildman–Crippen MR) is 108 cm³/mol. The third-order valence-electron chi connectivity index (χ3n) is 4.50. The molecule has 0 atom stereocenters. The highest BCUT2D eigenvalue weighted by atomic mass is 19.2. The van der Waals surface area contributed by atoms with Crippen LogP contribution in [-0.2, 0) is 4.79 Å². The highest BCUT2D eigenvalue weighted by Crippen LogP contribution is 2.35. The number of amides is 1. The maximum atomic E-state index is 14.2. The maximum absolute atomic E-state index is 14.2. The first-order chi connectivity index (χ1) is 15.2. The number of hydrogen-bond donors (Lipinski definition) is 0. The van der Waals surface area contributed by atoms with Crippen LogP contribution in [0.2, 0.25) is 0 Å². The van der Waals surface area contributed by atoms with E-state index in [1.807, 2.05) is 6.92 Å². The summed E-state index contributed by atoms with van der Waals surface area (Å²) in [6.45, 7) is 5.94. The second-order valence-corrected chi connectivity index (χ2v) is 6.77. The van der Waals surface area contributed by atoms with Crippen molar-refractivity contribution in [2.24, 2.45) is 5.10 Å². The molecule has 1 amide bonds. The van der Waals surface area contributed by atoms with E-state index in [0.29, 0.717) is 30.3 Å². The van der Waals surface area contributed by atoms with Gasteiger partial charge in [0.15, 0.2) is 34.8 Å². The lowest BCUT2D eigenvalue weighted by atomic mass is 10.1. The second-order valence-electron chi connectivity index (χ2n) is 6.77. The Hall–Kier alpha value is -3.43. The van der Waals surface area contributed by atoms with Crippen molar-refractivity contribution in [3.8, 4) is 11.5 Å². The van der Waals surface area contributed by atoms with Crippen LogP contribution in [0.5, 0.6) is 11.5 Å². The van der Waals surface area contributed by atoms with Crippen molar-refractivity contribution in [1.29, 1.82) is 0 Å². The van der Waals surface area contributed by atoms with Crippen molar-refractivity contribution in [3.05, 3.63) is 58.4 Å². The number of carbonyl (C=O) groups excluding carboxylic acids is 1. The quantitative estimate of drug-likeness (QED) is 0.245. The van der Waals surface area contributed by atoms with Gasteiger partial charge in [0.25, 0.3) is 5.91 Å². The molecule has 2 aromatic carbocycles. The van der Waals surface area contributed by atoms with Gasteiger partial charge in [0.2, 0.25) is 5.82 Å². The standard InChI is InChI=1S/C22H19F5N2O3/c1-4-8-32-14-7-6-12(10-15(14)31-5-2)9-13-11(3)28-29(22(13)30)21-19(26)17(24)16(23)18(25)20(21)27/h6-7,9-10H,4-5,8H2,1-3H3/b13-9+. The summed E-state index contributed by atoms with van der Waals surface area (Å²) < 4.78 is 80.0. The van der Waals surface area contributed by atoms with Gasteiger partial charge in [0.1, 0.15) is 5.69 Å². The predicted octanol–water partition coefficient (Wildman–Crippen LogP) is 5.38. The monoisotopic (exact) mass is 454 g/mol. The van der Waals surface area contributed by atoms with Gasteiger partial charge in [-0.1, -0.05) is 13.0 Å². The summed E-state index contributed by atoms with van der Waals surface area (Å²) in [6, 6.07) is 4.87. The Balaban J connectivity index is 2.00. The maximum Gasteiger partial charge on any atom is 0.280 e. The summed E-state index contributed by atoms with van der Waals surface area (Å²) in [5.41, 5.74) is -1.01. The van der Waals surface area contributed by atoms with E-state index in [1.165, 1.54) is 13.0 Å². The minimum Gasteiger partial charge on any atom is -0.490 e. The van der Waals surface area contributed by atoms with Crippen LogP contribution in [-0.4, -0.2) is 24.8 Å². The first-order valence-electron chi connectivity index (χ1n) is 9.74. The van der Waals surface area contributed by atoms with Gasteiger partial charge in [-0.2, -0.15) is 10.1 Å². The van der Waals surface area contributed by atoms with Crippen molar-refractivity contribution < 1.29 is 36.2 Å². The Labute approximate surface area is 180 Å². The van der Waals surface area contributed by atoms with Crippen LogP contribution in [0.15, 0.2) is 28.9 Å². The van der Waals surface area contributed by atoms with E-state index in [4.69, 9.17) is 9.47 Å². The van der Waals surface area contributed by atoms with Gasteiger partial charge in [-0.15, -0.1) is 0 Å². The van der Waals surface area contributed by atoms with E-state index in [9.17, 15) is 26.7 Å². The molecule has 1 aliphatic rings. The number of rotatable bonds is 7. The Morgan fingerprint density at radius 2 is 1.56 bits per heavy atom. The molecular formula is C22H19F5N2O3. The lowest BCUT2D eigenvalue weighted by Gasteiger charge is -2.15. The van der Waals surface area contributed by atoms with Crippen molar-refractivity contribution in [2.75, 3.05) is 18.2 Å². The average molecular weight is 454 g/mol. The molecule has 2 aromatic rings. The Kier molecular flexibility index (Phi) is 6.81. The van der Waals surface area contributed by atoms with E-state index in [0.717, 1.165) is 6.42 Å². The first kappa shape index (κ1) is 23.2. The SMILES string of the molecule is CCCOc1ccc(/C=C2/C(=O)N(c3c(F)c(F)c(F)c(F)c3F)N=C2C)cc1OCC. The number of hydrogen-bond acceptors (Lipinski definition) is 4. The van der Waals surface area contributed by atoms with E-state index >= 15 is 0 Å². The number of halogens is 5. The molecule has 0 saturated heterocycles. The zero-order valence-corrected chi connectivity index (χ0v) is 17.4. The summed E-state index contributed by atoms with van der Waals surface area (Å²) in [4.78, 5) is 12.8. The zero-order valence-electron chi connectivity index (χ0n) is 17.4. The van der Waals surface area contributed by atoms with E-state index < -0.39 is 40.7 Å². The number of benzene rings is 2. The molecule has 0 radical (unpaired) electrons. The van der Waals surface area contributed by atoms with Crippen LogP contribution in [0.4, 0.5) is 27.6 Å². The average Bonchev–Trinajstić information content (AvgIpc) is 3.04. The first-order valence-corrected chi connectivity index (χ1v) is 9.74. The molecule has 32 heavy (non-hydrogen) atoms. The Morgan fingerprint density at radius 1 is 0.938 bits per heavy atom. The summed E-state index contributed by atoms with van der Waals surface area (Å²) in [7, 11) is 0. The summed E-state index contributed by atoms with van der Waals surface area (Å²) in [5.74, 6) is -11.1. The molecule has 170 valence electrons. The molecule has 0 fully saturated rings. The number of carbonyl (C=O) groups is 1. The van der Waals surface area contributed by atoms with Crippen LogP contribution < -0.4 is 14.5 Å². The number of nitrogens with zero attached hydrogens (tertiary/aromatic N) is 2. The van der Waals surface area contributed by atoms with E-state index in [1.54, 1.807) is 25.1 Å². The molecule has 0 spiro atoms. The summed E-state index contributed by atoms with van der Waals surface area (Å²) >= 11 is 0. The van der Waals surface area contributed by atoms with Crippen molar-refractivity contribution in [2.45, 2.75) is 27.2 Å². The summed E-state index contributed by atoms with van der Waals surface area (Å²) in [5, 5.41) is 3.87. The lowest BCUT2D eigenvalue weighted by Crippen LogP contribution is -2.25. The number of hydrazone groups is 1. The van der Waals surface area contributed by atoms with Crippen LogP contribution >= 0.6 is 0 Å². The molecule has 1 aliphatic heterocycles. The second kappa shape index (κ2) is 9.37. The molecule has 3 rings (SSSR count). The minimum atomic E-state index is -2.32. The molecular weight excluding hydrogens is 435 g/mol. The lowest BCUT2D eigenvalue weighted by molar-refractivity contribution is -0.114. The highest BCUT2D eigenvalue weighted by Gasteiger charge is 2.37. The van der Waals surface area contributed by atoms with Gasteiger partial charge in [-0.3, -0.25) is 4.79 Å². The molecule has 0 saturated carbocycles. The van der Waals surface area contributed by atoms with Crippen LogP contribution in [0.1, 0.15) is 32.8 Å². The van der Waals surface area contributed by atoms with Gasteiger partial charge >= 0.3 is 0 Å². The molecule has 0 N–H and O–H groups in total.